The van der Waals surface area contributed by atoms with Gasteiger partial charge in [0.05, 0.1) is 22.2 Å². The number of nitrogens with zero attached hydrogens (tertiary/aromatic N) is 1. The highest BCUT2D eigenvalue weighted by molar-refractivity contribution is 6.33. The molecule has 1 rings (SSSR count). The lowest BCUT2D eigenvalue weighted by Crippen LogP contribution is -2.11. The molecule has 1 amide bonds. The molecule has 0 aliphatic carbocycles. The summed E-state index contributed by atoms with van der Waals surface area (Å²) in [6.07, 6.45) is 0. The van der Waals surface area contributed by atoms with Gasteiger partial charge in [0.2, 0.25) is 5.91 Å². The number of hydrogen-bond acceptors (Lipinski definition) is 2. The van der Waals surface area contributed by atoms with E-state index in [1.54, 1.807) is 0 Å². The number of primary amides is 1. The molecule has 1 aromatic carbocycles. The van der Waals surface area contributed by atoms with Crippen molar-refractivity contribution in [2.24, 2.45) is 5.73 Å². The van der Waals surface area contributed by atoms with Crippen LogP contribution in [0, 0.1) is 11.3 Å². The van der Waals surface area contributed by atoms with Gasteiger partial charge in [0.1, 0.15) is 0 Å². The molecule has 0 atom stereocenters. The van der Waals surface area contributed by atoms with Crippen LogP contribution in [0.1, 0.15) is 15.9 Å². The Bertz CT molecular complexity index is 371. The maximum absolute atomic E-state index is 10.7. The van der Waals surface area contributed by atoms with E-state index in [-0.39, 0.29) is 23.0 Å². The number of carbonyl (C=O) groups excluding carboxylic acids is 1. The molecule has 0 saturated carbocycles. The number of halogens is 2. The van der Waals surface area contributed by atoms with Crippen molar-refractivity contribution >= 4 is 29.9 Å². The fourth-order valence-electron chi connectivity index (χ4n) is 0.784. The number of rotatable bonds is 1. The van der Waals surface area contributed by atoms with Gasteiger partial charge in [-0.25, -0.2) is 0 Å². The van der Waals surface area contributed by atoms with Crippen molar-refractivity contribution in [3.63, 3.8) is 0 Å². The normalized spacial score (nSPS) is 8.31. The number of hydrogen-bond donors (Lipinski definition) is 1. The lowest BCUT2D eigenvalue weighted by molar-refractivity contribution is 0.100. The van der Waals surface area contributed by atoms with Crippen LogP contribution in [0.4, 0.5) is 0 Å². The Morgan fingerprint density at radius 1 is 1.54 bits per heavy atom. The number of amides is 1. The fraction of sp³-hybridized carbons (Fsp3) is 0. The minimum absolute atomic E-state index is 0. The predicted octanol–water partition coefficient (Wildman–Crippen LogP) is 1.73. The minimum atomic E-state index is -0.593. The van der Waals surface area contributed by atoms with E-state index in [0.717, 1.165) is 0 Å². The summed E-state index contributed by atoms with van der Waals surface area (Å²) in [6, 6.07) is 6.23. The van der Waals surface area contributed by atoms with Gasteiger partial charge in [0.15, 0.2) is 0 Å². The van der Waals surface area contributed by atoms with E-state index in [9.17, 15) is 4.79 Å². The maximum Gasteiger partial charge on any atom is 0.250 e. The second-order valence-electron chi connectivity index (χ2n) is 2.17. The molecule has 0 aliphatic heterocycles. The Balaban J connectivity index is 0.00000144. The monoisotopic (exact) mass is 216 g/mol. The molecule has 0 fully saturated rings. The first kappa shape index (κ1) is 11.8. The van der Waals surface area contributed by atoms with Gasteiger partial charge in [-0.1, -0.05) is 11.6 Å². The number of benzene rings is 1. The highest BCUT2D eigenvalue weighted by Crippen LogP contribution is 2.16. The van der Waals surface area contributed by atoms with E-state index in [1.165, 1.54) is 18.2 Å². The van der Waals surface area contributed by atoms with Crippen LogP contribution < -0.4 is 5.73 Å². The predicted molar refractivity (Wildman–Crippen MR) is 51.9 cm³/mol. The number of carbonyl (C=O) groups is 1. The molecular weight excluding hydrogens is 211 g/mol. The van der Waals surface area contributed by atoms with E-state index in [4.69, 9.17) is 22.6 Å². The third-order valence-corrected chi connectivity index (χ3v) is 1.68. The molecule has 0 spiro atoms. The SMILES string of the molecule is Cl.N#Cc1ccc(C(N)=O)c(Cl)c1. The van der Waals surface area contributed by atoms with Crippen LogP contribution in [-0.4, -0.2) is 5.91 Å². The lowest BCUT2D eigenvalue weighted by Gasteiger charge is -1.97. The summed E-state index contributed by atoms with van der Waals surface area (Å²) in [4.78, 5) is 10.7. The third kappa shape index (κ3) is 2.62. The van der Waals surface area contributed by atoms with Crippen molar-refractivity contribution in [3.05, 3.63) is 34.3 Å². The maximum atomic E-state index is 10.7. The van der Waals surface area contributed by atoms with Gasteiger partial charge in [0, 0.05) is 0 Å². The summed E-state index contributed by atoms with van der Waals surface area (Å²) >= 11 is 5.65. The van der Waals surface area contributed by atoms with Crippen LogP contribution >= 0.6 is 24.0 Å². The Morgan fingerprint density at radius 2 is 2.15 bits per heavy atom. The zero-order chi connectivity index (χ0) is 9.14. The smallest absolute Gasteiger partial charge is 0.250 e. The molecule has 0 heterocycles. The highest BCUT2D eigenvalue weighted by atomic mass is 35.5. The van der Waals surface area contributed by atoms with Crippen LogP contribution in [0.15, 0.2) is 18.2 Å². The Labute approximate surface area is 86.5 Å². The molecule has 0 aliphatic rings. The summed E-state index contributed by atoms with van der Waals surface area (Å²) in [6.45, 7) is 0. The lowest BCUT2D eigenvalue weighted by atomic mass is 10.1. The molecule has 68 valence electrons. The van der Waals surface area contributed by atoms with Crippen molar-refractivity contribution in [3.8, 4) is 6.07 Å². The van der Waals surface area contributed by atoms with Crippen LogP contribution in [0.25, 0.3) is 0 Å². The van der Waals surface area contributed by atoms with Gasteiger partial charge in [-0.05, 0) is 18.2 Å². The van der Waals surface area contributed by atoms with E-state index < -0.39 is 5.91 Å². The molecular formula is C8H6Cl2N2O. The highest BCUT2D eigenvalue weighted by Gasteiger charge is 2.05. The quantitative estimate of drug-likeness (QED) is 0.778. The Kier molecular flexibility index (Phi) is 4.26. The second kappa shape index (κ2) is 4.70. The Morgan fingerprint density at radius 3 is 2.54 bits per heavy atom. The third-order valence-electron chi connectivity index (χ3n) is 1.36. The summed E-state index contributed by atoms with van der Waals surface area (Å²) < 4.78 is 0. The summed E-state index contributed by atoms with van der Waals surface area (Å²) in [5.41, 5.74) is 5.64. The van der Waals surface area contributed by atoms with Gasteiger partial charge in [-0.15, -0.1) is 12.4 Å². The zero-order valence-electron chi connectivity index (χ0n) is 6.45. The van der Waals surface area contributed by atoms with Gasteiger partial charge < -0.3 is 5.73 Å². The molecule has 0 unspecified atom stereocenters. The average molecular weight is 217 g/mol. The van der Waals surface area contributed by atoms with Crippen molar-refractivity contribution in [2.75, 3.05) is 0 Å². The topological polar surface area (TPSA) is 66.9 Å². The fourth-order valence-corrected chi connectivity index (χ4v) is 1.06. The summed E-state index contributed by atoms with van der Waals surface area (Å²) in [5.74, 6) is -0.593. The molecule has 0 aromatic heterocycles. The number of nitriles is 1. The number of nitrogens with two attached hydrogens (primary N) is 1. The zero-order valence-corrected chi connectivity index (χ0v) is 8.02. The standard InChI is InChI=1S/C8H5ClN2O.ClH/c9-7-3-5(4-10)1-2-6(7)8(11)12;/h1-3H,(H2,11,12);1H. The van der Waals surface area contributed by atoms with Gasteiger partial charge in [0.25, 0.3) is 0 Å². The van der Waals surface area contributed by atoms with E-state index in [0.29, 0.717) is 5.56 Å². The van der Waals surface area contributed by atoms with Crippen LogP contribution in [0.3, 0.4) is 0 Å². The van der Waals surface area contributed by atoms with Crippen molar-refractivity contribution in [1.29, 1.82) is 5.26 Å². The van der Waals surface area contributed by atoms with Crippen molar-refractivity contribution in [1.82, 2.24) is 0 Å². The molecule has 5 heteroatoms. The Hall–Kier alpha value is -1.24. The van der Waals surface area contributed by atoms with E-state index >= 15 is 0 Å². The van der Waals surface area contributed by atoms with Crippen LogP contribution in [-0.2, 0) is 0 Å². The van der Waals surface area contributed by atoms with Crippen LogP contribution in [0.5, 0.6) is 0 Å². The first-order chi connectivity index (χ1) is 5.65. The molecule has 0 bridgehead atoms. The van der Waals surface area contributed by atoms with Gasteiger partial charge >= 0.3 is 0 Å². The molecule has 0 radical (unpaired) electrons. The minimum Gasteiger partial charge on any atom is -0.366 e. The largest absolute Gasteiger partial charge is 0.366 e. The van der Waals surface area contributed by atoms with Crippen LogP contribution in [0.2, 0.25) is 5.02 Å². The van der Waals surface area contributed by atoms with Gasteiger partial charge in [-0.3, -0.25) is 4.79 Å². The summed E-state index contributed by atoms with van der Waals surface area (Å²) in [7, 11) is 0. The molecule has 1 aromatic rings. The summed E-state index contributed by atoms with van der Waals surface area (Å²) in [5, 5.41) is 8.68. The second-order valence-corrected chi connectivity index (χ2v) is 2.58. The first-order valence-electron chi connectivity index (χ1n) is 3.14. The van der Waals surface area contributed by atoms with E-state index in [1.807, 2.05) is 6.07 Å². The molecule has 0 saturated heterocycles. The average Bonchev–Trinajstić information content (AvgIpc) is 2.03. The van der Waals surface area contributed by atoms with Crippen molar-refractivity contribution in [2.45, 2.75) is 0 Å². The molecule has 2 N–H and O–H groups in total. The van der Waals surface area contributed by atoms with Crippen molar-refractivity contribution < 1.29 is 4.79 Å². The molecule has 3 nitrogen and oxygen atoms in total. The van der Waals surface area contributed by atoms with Gasteiger partial charge in [-0.2, -0.15) is 5.26 Å². The molecule has 13 heavy (non-hydrogen) atoms. The first-order valence-corrected chi connectivity index (χ1v) is 3.52. The van der Waals surface area contributed by atoms with E-state index in [2.05, 4.69) is 0 Å².